The molecule has 2 heterocycles. The van der Waals surface area contributed by atoms with Crippen molar-refractivity contribution in [2.75, 3.05) is 18.1 Å². The fourth-order valence-electron chi connectivity index (χ4n) is 3.89. The van der Waals surface area contributed by atoms with Crippen molar-refractivity contribution < 1.29 is 27.5 Å². The minimum atomic E-state index is -4.49. The molecule has 0 spiro atoms. The molecular weight excluding hydrogens is 411 g/mol. The van der Waals surface area contributed by atoms with Crippen LogP contribution in [0.2, 0.25) is 0 Å². The minimum Gasteiger partial charge on any atom is -0.465 e. The number of alkyl halides is 3. The van der Waals surface area contributed by atoms with E-state index in [1.54, 1.807) is 11.5 Å². The SMILES string of the molecule is CCOC(=O)Cn1c(C2CC(=O)N(c3cccc(C(F)(F)F)c3)C2)nc2ccccc21. The van der Waals surface area contributed by atoms with Gasteiger partial charge in [0.1, 0.15) is 12.4 Å². The van der Waals surface area contributed by atoms with E-state index in [1.165, 1.54) is 17.0 Å². The van der Waals surface area contributed by atoms with E-state index in [4.69, 9.17) is 4.74 Å². The third-order valence-corrected chi connectivity index (χ3v) is 5.25. The number of aromatic nitrogens is 2. The van der Waals surface area contributed by atoms with Gasteiger partial charge in [0.15, 0.2) is 0 Å². The van der Waals surface area contributed by atoms with Crippen LogP contribution in [0.15, 0.2) is 48.5 Å². The van der Waals surface area contributed by atoms with Gasteiger partial charge in [-0.25, -0.2) is 4.98 Å². The van der Waals surface area contributed by atoms with Crippen molar-refractivity contribution in [3.8, 4) is 0 Å². The second-order valence-corrected chi connectivity index (χ2v) is 7.30. The maximum atomic E-state index is 13.1. The summed E-state index contributed by atoms with van der Waals surface area (Å²) >= 11 is 0. The Hall–Kier alpha value is -3.36. The molecule has 1 unspecified atom stereocenters. The Morgan fingerprint density at radius 3 is 2.71 bits per heavy atom. The van der Waals surface area contributed by atoms with Crippen molar-refractivity contribution in [2.24, 2.45) is 0 Å². The van der Waals surface area contributed by atoms with E-state index < -0.39 is 17.7 Å². The number of imidazole rings is 1. The summed E-state index contributed by atoms with van der Waals surface area (Å²) < 4.78 is 46.1. The van der Waals surface area contributed by atoms with E-state index in [0.29, 0.717) is 11.3 Å². The maximum Gasteiger partial charge on any atom is 0.416 e. The average Bonchev–Trinajstić information content (AvgIpc) is 3.28. The fourth-order valence-corrected chi connectivity index (χ4v) is 3.89. The second-order valence-electron chi connectivity index (χ2n) is 7.30. The topological polar surface area (TPSA) is 64.4 Å². The summed E-state index contributed by atoms with van der Waals surface area (Å²) in [6.45, 7) is 2.07. The van der Waals surface area contributed by atoms with Crippen molar-refractivity contribution in [1.29, 1.82) is 0 Å². The summed E-state index contributed by atoms with van der Waals surface area (Å²) in [6.07, 6.45) is -4.41. The highest BCUT2D eigenvalue weighted by Gasteiger charge is 2.37. The standard InChI is InChI=1S/C22H20F3N3O3/c1-2-31-20(30)13-28-18-9-4-3-8-17(18)26-21(28)14-10-19(29)27(12-14)16-7-5-6-15(11-16)22(23,24)25/h3-9,11,14H,2,10,12-13H2,1H3. The van der Waals surface area contributed by atoms with Gasteiger partial charge in [-0.2, -0.15) is 13.2 Å². The zero-order valence-corrected chi connectivity index (χ0v) is 16.7. The molecule has 31 heavy (non-hydrogen) atoms. The molecular formula is C22H20F3N3O3. The van der Waals surface area contributed by atoms with Gasteiger partial charge in [0.2, 0.25) is 5.91 Å². The molecule has 2 aromatic carbocycles. The molecule has 3 aromatic rings. The molecule has 1 aliphatic heterocycles. The first-order chi connectivity index (χ1) is 14.8. The number of rotatable bonds is 5. The molecule has 0 aliphatic carbocycles. The largest absolute Gasteiger partial charge is 0.465 e. The Kier molecular flexibility index (Phi) is 5.43. The van der Waals surface area contributed by atoms with Gasteiger partial charge in [0, 0.05) is 24.6 Å². The number of fused-ring (bicyclic) bond motifs is 1. The smallest absolute Gasteiger partial charge is 0.416 e. The first kappa shape index (κ1) is 20.9. The molecule has 0 saturated carbocycles. The Balaban J connectivity index is 1.67. The van der Waals surface area contributed by atoms with Crippen LogP contribution in [0.25, 0.3) is 11.0 Å². The molecule has 1 amide bonds. The Morgan fingerprint density at radius 1 is 1.19 bits per heavy atom. The number of nitrogens with zero attached hydrogens (tertiary/aromatic N) is 3. The number of halogens is 3. The molecule has 1 fully saturated rings. The summed E-state index contributed by atoms with van der Waals surface area (Å²) in [5, 5.41) is 0. The second kappa shape index (κ2) is 8.05. The molecule has 0 radical (unpaired) electrons. The third kappa shape index (κ3) is 4.12. The minimum absolute atomic E-state index is 0.0576. The summed E-state index contributed by atoms with van der Waals surface area (Å²) in [5.74, 6) is -0.550. The number of carbonyl (C=O) groups excluding carboxylic acids is 2. The number of hydrogen-bond acceptors (Lipinski definition) is 4. The molecule has 4 rings (SSSR count). The van der Waals surface area contributed by atoms with Gasteiger partial charge >= 0.3 is 12.1 Å². The van der Waals surface area contributed by atoms with E-state index in [0.717, 1.165) is 17.6 Å². The fraction of sp³-hybridized carbons (Fsp3) is 0.318. The van der Waals surface area contributed by atoms with Crippen molar-refractivity contribution in [2.45, 2.75) is 32.0 Å². The molecule has 0 N–H and O–H groups in total. The first-order valence-electron chi connectivity index (χ1n) is 9.86. The first-order valence-corrected chi connectivity index (χ1v) is 9.86. The lowest BCUT2D eigenvalue weighted by atomic mass is 10.1. The van der Waals surface area contributed by atoms with Crippen molar-refractivity contribution >= 4 is 28.6 Å². The molecule has 1 atom stereocenters. The molecule has 9 heteroatoms. The number of hydrogen-bond donors (Lipinski definition) is 0. The zero-order valence-electron chi connectivity index (χ0n) is 16.7. The van der Waals surface area contributed by atoms with Gasteiger partial charge < -0.3 is 14.2 Å². The summed E-state index contributed by atoms with van der Waals surface area (Å²) in [7, 11) is 0. The van der Waals surface area contributed by atoms with Crippen molar-refractivity contribution in [3.63, 3.8) is 0 Å². The summed E-state index contributed by atoms with van der Waals surface area (Å²) in [4.78, 5) is 30.8. The van der Waals surface area contributed by atoms with Crippen molar-refractivity contribution in [3.05, 3.63) is 59.9 Å². The highest BCUT2D eigenvalue weighted by Crippen LogP contribution is 2.36. The third-order valence-electron chi connectivity index (χ3n) is 5.25. The van der Waals surface area contributed by atoms with E-state index in [9.17, 15) is 22.8 Å². The lowest BCUT2D eigenvalue weighted by Gasteiger charge is -2.18. The number of esters is 1. The van der Waals surface area contributed by atoms with Crippen molar-refractivity contribution in [1.82, 2.24) is 9.55 Å². The molecule has 0 bridgehead atoms. The highest BCUT2D eigenvalue weighted by molar-refractivity contribution is 5.96. The number of anilines is 1. The molecule has 1 aliphatic rings. The quantitative estimate of drug-likeness (QED) is 0.570. The maximum absolute atomic E-state index is 13.1. The van der Waals surface area contributed by atoms with E-state index in [-0.39, 0.29) is 43.6 Å². The molecule has 1 saturated heterocycles. The van der Waals surface area contributed by atoms with Crippen LogP contribution >= 0.6 is 0 Å². The zero-order chi connectivity index (χ0) is 22.2. The van der Waals surface area contributed by atoms with Crippen LogP contribution in [-0.4, -0.2) is 34.6 Å². The van der Waals surface area contributed by atoms with Crippen LogP contribution in [0, 0.1) is 0 Å². The molecule has 6 nitrogen and oxygen atoms in total. The van der Waals surface area contributed by atoms with Gasteiger partial charge in [-0.3, -0.25) is 9.59 Å². The van der Waals surface area contributed by atoms with Crippen LogP contribution in [-0.2, 0) is 27.0 Å². The summed E-state index contributed by atoms with van der Waals surface area (Å²) in [5.41, 5.74) is 0.786. The number of carbonyl (C=O) groups is 2. The number of benzene rings is 2. The predicted molar refractivity (Wildman–Crippen MR) is 108 cm³/mol. The lowest BCUT2D eigenvalue weighted by molar-refractivity contribution is -0.143. The average molecular weight is 431 g/mol. The predicted octanol–water partition coefficient (Wildman–Crippen LogP) is 4.14. The van der Waals surface area contributed by atoms with Crippen LogP contribution in [0.3, 0.4) is 0 Å². The van der Waals surface area contributed by atoms with Crippen LogP contribution in [0.4, 0.5) is 18.9 Å². The van der Waals surface area contributed by atoms with Gasteiger partial charge in [-0.05, 0) is 37.3 Å². The Labute approximate surface area is 176 Å². The molecule has 162 valence electrons. The van der Waals surface area contributed by atoms with Crippen LogP contribution in [0.1, 0.15) is 30.7 Å². The van der Waals surface area contributed by atoms with E-state index in [1.807, 2.05) is 24.3 Å². The Morgan fingerprint density at radius 2 is 1.97 bits per heavy atom. The lowest BCUT2D eigenvalue weighted by Crippen LogP contribution is -2.25. The Bertz CT molecular complexity index is 1140. The number of para-hydroxylation sites is 2. The van der Waals surface area contributed by atoms with Crippen LogP contribution < -0.4 is 4.90 Å². The number of ether oxygens (including phenoxy) is 1. The monoisotopic (exact) mass is 431 g/mol. The highest BCUT2D eigenvalue weighted by atomic mass is 19.4. The molecule has 1 aromatic heterocycles. The van der Waals surface area contributed by atoms with Gasteiger partial charge in [-0.1, -0.05) is 18.2 Å². The van der Waals surface area contributed by atoms with Gasteiger partial charge in [0.25, 0.3) is 0 Å². The van der Waals surface area contributed by atoms with Crippen LogP contribution in [0.5, 0.6) is 0 Å². The van der Waals surface area contributed by atoms with Gasteiger partial charge in [-0.15, -0.1) is 0 Å². The van der Waals surface area contributed by atoms with E-state index in [2.05, 4.69) is 4.98 Å². The van der Waals surface area contributed by atoms with Gasteiger partial charge in [0.05, 0.1) is 23.2 Å². The number of amides is 1. The van der Waals surface area contributed by atoms with E-state index >= 15 is 0 Å². The summed E-state index contributed by atoms with van der Waals surface area (Å²) in [6, 6.07) is 12.0. The normalized spacial score (nSPS) is 16.8.